The number of hydrogen-bond acceptors (Lipinski definition) is 2. The quantitative estimate of drug-likeness (QED) is 0.559. The highest BCUT2D eigenvalue weighted by Gasteiger charge is 1.99. The Morgan fingerprint density at radius 3 is 2.60 bits per heavy atom. The highest BCUT2D eigenvalue weighted by Crippen LogP contribution is 2.05. The van der Waals surface area contributed by atoms with Gasteiger partial charge in [-0.25, -0.2) is 0 Å². The third-order valence-corrected chi connectivity index (χ3v) is 2.70. The predicted octanol–water partition coefficient (Wildman–Crippen LogP) is 3.63. The van der Waals surface area contributed by atoms with Gasteiger partial charge in [-0.2, -0.15) is 5.26 Å². The molecule has 0 aliphatic carbocycles. The van der Waals surface area contributed by atoms with Crippen molar-refractivity contribution in [2.75, 3.05) is 6.54 Å². The van der Waals surface area contributed by atoms with Crippen molar-refractivity contribution in [3.63, 3.8) is 0 Å². The molecule has 0 saturated heterocycles. The topological polar surface area (TPSA) is 35.8 Å². The summed E-state index contributed by atoms with van der Waals surface area (Å²) in [5.74, 6) is 0. The fraction of sp³-hybridized carbons (Fsp3) is 0.923. The van der Waals surface area contributed by atoms with Gasteiger partial charge in [0.1, 0.15) is 0 Å². The second kappa shape index (κ2) is 11.5. The summed E-state index contributed by atoms with van der Waals surface area (Å²) in [5, 5.41) is 11.9. The Labute approximate surface area is 95.1 Å². The molecule has 1 unspecified atom stereocenters. The zero-order valence-electron chi connectivity index (χ0n) is 10.4. The lowest BCUT2D eigenvalue weighted by atomic mass is 10.1. The molecule has 0 aliphatic heterocycles. The Kier molecular flexibility index (Phi) is 11.1. The van der Waals surface area contributed by atoms with Gasteiger partial charge in [0.15, 0.2) is 0 Å². The van der Waals surface area contributed by atoms with Crippen molar-refractivity contribution < 1.29 is 0 Å². The monoisotopic (exact) mass is 210 g/mol. The molecule has 88 valence electrons. The summed E-state index contributed by atoms with van der Waals surface area (Å²) >= 11 is 0. The smallest absolute Gasteiger partial charge is 0.0621 e. The lowest BCUT2D eigenvalue weighted by Crippen LogP contribution is -2.26. The van der Waals surface area contributed by atoms with Gasteiger partial charge in [-0.1, -0.05) is 32.6 Å². The van der Waals surface area contributed by atoms with Gasteiger partial charge in [0.25, 0.3) is 0 Å². The lowest BCUT2D eigenvalue weighted by Gasteiger charge is -2.12. The fourth-order valence-corrected chi connectivity index (χ4v) is 1.66. The summed E-state index contributed by atoms with van der Waals surface area (Å²) in [6.45, 7) is 5.57. The summed E-state index contributed by atoms with van der Waals surface area (Å²) in [4.78, 5) is 0. The number of nitrogens with zero attached hydrogens (tertiary/aromatic N) is 1. The van der Waals surface area contributed by atoms with Crippen molar-refractivity contribution in [1.29, 1.82) is 5.26 Å². The van der Waals surface area contributed by atoms with E-state index in [0.29, 0.717) is 12.5 Å². The summed E-state index contributed by atoms with van der Waals surface area (Å²) in [6, 6.07) is 2.82. The van der Waals surface area contributed by atoms with Crippen LogP contribution in [0, 0.1) is 11.3 Å². The first-order valence-corrected chi connectivity index (χ1v) is 6.41. The van der Waals surface area contributed by atoms with Crippen LogP contribution >= 0.6 is 0 Å². The van der Waals surface area contributed by atoms with Crippen molar-refractivity contribution in [3.05, 3.63) is 0 Å². The van der Waals surface area contributed by atoms with Crippen LogP contribution in [0.2, 0.25) is 0 Å². The first kappa shape index (κ1) is 14.5. The first-order chi connectivity index (χ1) is 7.31. The average molecular weight is 210 g/mol. The number of nitrogens with one attached hydrogen (secondary N) is 1. The average Bonchev–Trinajstić information content (AvgIpc) is 2.24. The van der Waals surface area contributed by atoms with Crippen LogP contribution in [0.1, 0.15) is 65.2 Å². The predicted molar refractivity (Wildman–Crippen MR) is 65.7 cm³/mol. The molecule has 0 aromatic rings. The van der Waals surface area contributed by atoms with Crippen LogP contribution in [0.25, 0.3) is 0 Å². The standard InChI is InChI=1S/C13H26N2/c1-3-4-5-7-10-13(2)15-12-9-6-8-11-14/h13,15H,3-10,12H2,1-2H3. The van der Waals surface area contributed by atoms with Crippen LogP contribution in [0.15, 0.2) is 0 Å². The molecule has 0 rings (SSSR count). The normalized spacial score (nSPS) is 12.3. The van der Waals surface area contributed by atoms with Gasteiger partial charge < -0.3 is 5.32 Å². The molecule has 15 heavy (non-hydrogen) atoms. The molecule has 1 atom stereocenters. The summed E-state index contributed by atoms with van der Waals surface area (Å²) in [6.07, 6.45) is 9.56. The highest BCUT2D eigenvalue weighted by molar-refractivity contribution is 4.69. The molecular weight excluding hydrogens is 184 g/mol. The van der Waals surface area contributed by atoms with Gasteiger partial charge >= 0.3 is 0 Å². The van der Waals surface area contributed by atoms with Gasteiger partial charge in [-0.3, -0.25) is 0 Å². The summed E-state index contributed by atoms with van der Waals surface area (Å²) in [7, 11) is 0. The highest BCUT2D eigenvalue weighted by atomic mass is 14.9. The number of unbranched alkanes of at least 4 members (excludes halogenated alkanes) is 5. The second-order valence-corrected chi connectivity index (χ2v) is 4.32. The SMILES string of the molecule is CCCCCCC(C)NCCCCC#N. The molecule has 0 saturated carbocycles. The molecule has 0 radical (unpaired) electrons. The van der Waals surface area contributed by atoms with E-state index in [-0.39, 0.29) is 0 Å². The summed E-state index contributed by atoms with van der Waals surface area (Å²) < 4.78 is 0. The Morgan fingerprint density at radius 2 is 1.93 bits per heavy atom. The third kappa shape index (κ3) is 11.4. The largest absolute Gasteiger partial charge is 0.314 e. The molecule has 2 nitrogen and oxygen atoms in total. The minimum absolute atomic E-state index is 0.643. The molecule has 0 aliphatic rings. The van der Waals surface area contributed by atoms with E-state index in [4.69, 9.17) is 5.26 Å². The maximum absolute atomic E-state index is 8.37. The number of hydrogen-bond donors (Lipinski definition) is 1. The molecule has 0 amide bonds. The van der Waals surface area contributed by atoms with Crippen molar-refractivity contribution in [2.45, 2.75) is 71.3 Å². The first-order valence-electron chi connectivity index (χ1n) is 6.41. The van der Waals surface area contributed by atoms with Crippen LogP contribution in [-0.2, 0) is 0 Å². The number of rotatable bonds is 10. The molecule has 0 fully saturated rings. The second-order valence-electron chi connectivity index (χ2n) is 4.32. The molecule has 0 aromatic heterocycles. The van der Waals surface area contributed by atoms with E-state index in [9.17, 15) is 0 Å². The molecular formula is C13H26N2. The van der Waals surface area contributed by atoms with E-state index in [2.05, 4.69) is 25.2 Å². The van der Waals surface area contributed by atoms with Crippen LogP contribution in [-0.4, -0.2) is 12.6 Å². The fourth-order valence-electron chi connectivity index (χ4n) is 1.66. The minimum atomic E-state index is 0.643. The third-order valence-electron chi connectivity index (χ3n) is 2.70. The molecule has 2 heteroatoms. The van der Waals surface area contributed by atoms with Crippen LogP contribution < -0.4 is 5.32 Å². The van der Waals surface area contributed by atoms with E-state index in [1.165, 1.54) is 32.1 Å². The van der Waals surface area contributed by atoms with Gasteiger partial charge in [-0.05, 0) is 32.7 Å². The number of nitriles is 1. The zero-order valence-corrected chi connectivity index (χ0v) is 10.4. The van der Waals surface area contributed by atoms with Gasteiger partial charge in [0, 0.05) is 12.5 Å². The Bertz CT molecular complexity index is 160. The van der Waals surface area contributed by atoms with Crippen molar-refractivity contribution in [2.24, 2.45) is 0 Å². The molecule has 0 aromatic carbocycles. The van der Waals surface area contributed by atoms with Gasteiger partial charge in [0.2, 0.25) is 0 Å². The Balaban J connectivity index is 3.12. The molecule has 1 N–H and O–H groups in total. The molecule has 0 heterocycles. The Morgan fingerprint density at radius 1 is 1.13 bits per heavy atom. The Hall–Kier alpha value is -0.550. The van der Waals surface area contributed by atoms with Crippen molar-refractivity contribution >= 4 is 0 Å². The van der Waals surface area contributed by atoms with Gasteiger partial charge in [-0.15, -0.1) is 0 Å². The van der Waals surface area contributed by atoms with Crippen LogP contribution in [0.5, 0.6) is 0 Å². The van der Waals surface area contributed by atoms with Crippen LogP contribution in [0.4, 0.5) is 0 Å². The van der Waals surface area contributed by atoms with Crippen LogP contribution in [0.3, 0.4) is 0 Å². The van der Waals surface area contributed by atoms with E-state index >= 15 is 0 Å². The van der Waals surface area contributed by atoms with Gasteiger partial charge in [0.05, 0.1) is 6.07 Å². The van der Waals surface area contributed by atoms with E-state index in [1.807, 2.05) is 0 Å². The maximum Gasteiger partial charge on any atom is 0.0621 e. The van der Waals surface area contributed by atoms with E-state index in [0.717, 1.165) is 19.4 Å². The van der Waals surface area contributed by atoms with Crippen molar-refractivity contribution in [1.82, 2.24) is 5.32 Å². The minimum Gasteiger partial charge on any atom is -0.314 e. The zero-order chi connectivity index (χ0) is 11.4. The van der Waals surface area contributed by atoms with Crippen molar-refractivity contribution in [3.8, 4) is 6.07 Å². The molecule has 0 bridgehead atoms. The van der Waals surface area contributed by atoms with E-state index in [1.54, 1.807) is 0 Å². The maximum atomic E-state index is 8.37. The lowest BCUT2D eigenvalue weighted by molar-refractivity contribution is 0.475. The molecule has 0 spiro atoms. The van der Waals surface area contributed by atoms with E-state index < -0.39 is 0 Å². The summed E-state index contributed by atoms with van der Waals surface area (Å²) in [5.41, 5.74) is 0.